The van der Waals surface area contributed by atoms with E-state index in [1.54, 1.807) is 19.5 Å². The Kier molecular flexibility index (Phi) is 7.23. The predicted molar refractivity (Wildman–Crippen MR) is 134 cm³/mol. The molecule has 7 heteroatoms. The van der Waals surface area contributed by atoms with Gasteiger partial charge in [0.05, 0.1) is 7.11 Å². The minimum absolute atomic E-state index is 0.132. The Hall–Kier alpha value is -3.45. The van der Waals surface area contributed by atoms with Gasteiger partial charge in [0, 0.05) is 43.5 Å². The molecule has 0 spiro atoms. The van der Waals surface area contributed by atoms with Gasteiger partial charge in [-0.25, -0.2) is 4.98 Å². The fourth-order valence-corrected chi connectivity index (χ4v) is 5.02. The fourth-order valence-electron chi connectivity index (χ4n) is 5.02. The maximum Gasteiger partial charge on any atom is 0.254 e. The Balaban J connectivity index is 1.24. The van der Waals surface area contributed by atoms with E-state index in [4.69, 9.17) is 9.47 Å². The highest BCUT2D eigenvalue weighted by molar-refractivity contribution is 5.95. The van der Waals surface area contributed by atoms with Crippen LogP contribution >= 0.6 is 0 Å². The lowest BCUT2D eigenvalue weighted by Gasteiger charge is -2.32. The van der Waals surface area contributed by atoms with Gasteiger partial charge in [0.2, 0.25) is 5.88 Å². The minimum Gasteiger partial charge on any atom is -0.497 e. The van der Waals surface area contributed by atoms with Crippen molar-refractivity contribution in [1.29, 1.82) is 0 Å². The number of rotatable bonds is 7. The van der Waals surface area contributed by atoms with E-state index in [1.165, 1.54) is 12.8 Å². The molecule has 3 heterocycles. The lowest BCUT2D eigenvalue weighted by atomic mass is 9.92. The molecule has 0 atom stereocenters. The first-order chi connectivity index (χ1) is 17.2. The molecule has 7 nitrogen and oxygen atoms in total. The van der Waals surface area contributed by atoms with E-state index in [-0.39, 0.29) is 11.8 Å². The zero-order valence-corrected chi connectivity index (χ0v) is 20.2. The number of carbonyl (C=O) groups is 1. The first-order valence-corrected chi connectivity index (χ1v) is 12.4. The van der Waals surface area contributed by atoms with Crippen molar-refractivity contribution in [2.24, 2.45) is 0 Å². The number of piperidine rings is 1. The molecule has 2 fully saturated rings. The number of hydrogen-bond donors (Lipinski definition) is 0. The van der Waals surface area contributed by atoms with Crippen LogP contribution in [0.15, 0.2) is 60.9 Å². The zero-order valence-electron chi connectivity index (χ0n) is 20.2. The molecule has 0 radical (unpaired) electrons. The third kappa shape index (κ3) is 5.46. The van der Waals surface area contributed by atoms with Crippen molar-refractivity contribution < 1.29 is 14.3 Å². The summed E-state index contributed by atoms with van der Waals surface area (Å²) in [5.74, 6) is 2.32. The number of carbonyl (C=O) groups excluding carboxylic acids is 1. The highest BCUT2D eigenvalue weighted by Crippen LogP contribution is 2.34. The largest absolute Gasteiger partial charge is 0.497 e. The second-order valence-electron chi connectivity index (χ2n) is 9.23. The van der Waals surface area contributed by atoms with E-state index in [0.717, 1.165) is 55.0 Å². The lowest BCUT2D eigenvalue weighted by Crippen LogP contribution is -2.38. The van der Waals surface area contributed by atoms with Crippen LogP contribution in [-0.4, -0.2) is 59.0 Å². The second kappa shape index (κ2) is 10.9. The summed E-state index contributed by atoms with van der Waals surface area (Å²) in [5.41, 5.74) is 2.82. The zero-order chi connectivity index (χ0) is 24.0. The highest BCUT2D eigenvalue weighted by Gasteiger charge is 2.29. The lowest BCUT2D eigenvalue weighted by molar-refractivity contribution is 0.0709. The van der Waals surface area contributed by atoms with E-state index >= 15 is 0 Å². The van der Waals surface area contributed by atoms with Gasteiger partial charge in [-0.2, -0.15) is 0 Å². The molecule has 0 unspecified atom stereocenters. The molecule has 0 aliphatic carbocycles. The van der Waals surface area contributed by atoms with Gasteiger partial charge in [0.25, 0.3) is 5.91 Å². The molecular formula is C28H32N4O3. The van der Waals surface area contributed by atoms with E-state index in [9.17, 15) is 4.79 Å². The standard InChI is InChI=1S/C28H32N4O3/c1-34-23-8-10-24(11-9-23)35-27-26(29-14-15-30-27)21-12-18-32(19-13-21)28(33)25-7-3-2-6-22(25)20-31-16-4-5-17-31/h2-3,6-11,14-15,21H,4-5,12-13,16-20H2,1H3. The van der Waals surface area contributed by atoms with Crippen molar-refractivity contribution in [3.63, 3.8) is 0 Å². The molecule has 0 bridgehead atoms. The first kappa shape index (κ1) is 23.3. The Labute approximate surface area is 206 Å². The number of aromatic nitrogens is 2. The summed E-state index contributed by atoms with van der Waals surface area (Å²) in [5, 5.41) is 0. The molecular weight excluding hydrogens is 440 g/mol. The van der Waals surface area contributed by atoms with Gasteiger partial charge in [0.15, 0.2) is 0 Å². The maximum atomic E-state index is 13.4. The van der Waals surface area contributed by atoms with Gasteiger partial charge >= 0.3 is 0 Å². The predicted octanol–water partition coefficient (Wildman–Crippen LogP) is 4.89. The summed E-state index contributed by atoms with van der Waals surface area (Å²) < 4.78 is 11.3. The van der Waals surface area contributed by atoms with Crippen LogP contribution in [0.25, 0.3) is 0 Å². The molecule has 2 aliphatic rings. The van der Waals surface area contributed by atoms with Gasteiger partial charge in [-0.3, -0.25) is 14.7 Å². The number of likely N-dealkylation sites (tertiary alicyclic amines) is 2. The number of nitrogens with zero attached hydrogens (tertiary/aromatic N) is 4. The minimum atomic E-state index is 0.132. The summed E-state index contributed by atoms with van der Waals surface area (Å²) >= 11 is 0. The quantitative estimate of drug-likeness (QED) is 0.488. The van der Waals surface area contributed by atoms with Crippen LogP contribution in [0.2, 0.25) is 0 Å². The van der Waals surface area contributed by atoms with Crippen LogP contribution in [0.1, 0.15) is 53.2 Å². The molecule has 2 aromatic carbocycles. The maximum absolute atomic E-state index is 13.4. The SMILES string of the molecule is COc1ccc(Oc2nccnc2C2CCN(C(=O)c3ccccc3CN3CCCC3)CC2)cc1. The number of amides is 1. The van der Waals surface area contributed by atoms with Gasteiger partial charge < -0.3 is 14.4 Å². The van der Waals surface area contributed by atoms with Crippen LogP contribution < -0.4 is 9.47 Å². The third-order valence-corrected chi connectivity index (χ3v) is 6.97. The van der Waals surface area contributed by atoms with Crippen molar-refractivity contribution in [3.8, 4) is 17.4 Å². The molecule has 35 heavy (non-hydrogen) atoms. The van der Waals surface area contributed by atoms with Crippen molar-refractivity contribution in [3.05, 3.63) is 77.7 Å². The Morgan fingerprint density at radius 3 is 2.34 bits per heavy atom. The van der Waals surface area contributed by atoms with Crippen molar-refractivity contribution in [2.45, 2.75) is 38.1 Å². The van der Waals surface area contributed by atoms with Gasteiger partial charge in [0.1, 0.15) is 17.2 Å². The number of ether oxygens (including phenoxy) is 2. The van der Waals surface area contributed by atoms with E-state index in [2.05, 4.69) is 20.9 Å². The monoisotopic (exact) mass is 472 g/mol. The molecule has 1 aromatic heterocycles. The number of benzene rings is 2. The molecule has 182 valence electrons. The molecule has 0 N–H and O–H groups in total. The van der Waals surface area contributed by atoms with Crippen LogP contribution in [0.5, 0.6) is 17.4 Å². The number of methoxy groups -OCH3 is 1. The molecule has 5 rings (SSSR count). The molecule has 2 aliphatic heterocycles. The smallest absolute Gasteiger partial charge is 0.254 e. The molecule has 3 aromatic rings. The summed E-state index contributed by atoms with van der Waals surface area (Å²) in [6, 6.07) is 15.5. The second-order valence-corrected chi connectivity index (χ2v) is 9.23. The molecule has 2 saturated heterocycles. The van der Waals surface area contributed by atoms with Crippen molar-refractivity contribution in [1.82, 2.24) is 19.8 Å². The average molecular weight is 473 g/mol. The Bertz CT molecular complexity index is 1140. The van der Waals surface area contributed by atoms with Crippen LogP contribution in [0.3, 0.4) is 0 Å². The van der Waals surface area contributed by atoms with Gasteiger partial charge in [-0.05, 0) is 74.7 Å². The number of hydrogen-bond acceptors (Lipinski definition) is 6. The van der Waals surface area contributed by atoms with Crippen molar-refractivity contribution >= 4 is 5.91 Å². The molecule has 0 saturated carbocycles. The summed E-state index contributed by atoms with van der Waals surface area (Å²) in [7, 11) is 1.64. The summed E-state index contributed by atoms with van der Waals surface area (Å²) in [6.45, 7) is 4.48. The van der Waals surface area contributed by atoms with E-state index in [0.29, 0.717) is 24.7 Å². The van der Waals surface area contributed by atoms with Crippen LogP contribution in [-0.2, 0) is 6.54 Å². The first-order valence-electron chi connectivity index (χ1n) is 12.4. The van der Waals surface area contributed by atoms with Gasteiger partial charge in [-0.1, -0.05) is 18.2 Å². The fraction of sp³-hybridized carbons (Fsp3) is 0.393. The van der Waals surface area contributed by atoms with Crippen LogP contribution in [0, 0.1) is 0 Å². The normalized spacial score (nSPS) is 16.9. The van der Waals surface area contributed by atoms with E-state index in [1.807, 2.05) is 47.4 Å². The Morgan fingerprint density at radius 2 is 1.60 bits per heavy atom. The summed E-state index contributed by atoms with van der Waals surface area (Å²) in [4.78, 5) is 26.9. The van der Waals surface area contributed by atoms with E-state index < -0.39 is 0 Å². The van der Waals surface area contributed by atoms with Crippen LogP contribution in [0.4, 0.5) is 0 Å². The average Bonchev–Trinajstić information content (AvgIpc) is 3.43. The van der Waals surface area contributed by atoms with Crippen molar-refractivity contribution in [2.75, 3.05) is 33.3 Å². The summed E-state index contributed by atoms with van der Waals surface area (Å²) in [6.07, 6.45) is 7.52. The topological polar surface area (TPSA) is 67.8 Å². The third-order valence-electron chi connectivity index (χ3n) is 6.97. The highest BCUT2D eigenvalue weighted by atomic mass is 16.5. The molecule has 1 amide bonds. The Morgan fingerprint density at radius 1 is 0.914 bits per heavy atom. The van der Waals surface area contributed by atoms with Gasteiger partial charge in [-0.15, -0.1) is 0 Å².